The Labute approximate surface area is 112 Å². The SMILES string of the molecule is CCCCC(C)NC(=O)C1(CN)CCCCCC1. The van der Waals surface area contributed by atoms with E-state index in [0.29, 0.717) is 6.54 Å². The van der Waals surface area contributed by atoms with Gasteiger partial charge in [0.05, 0.1) is 5.41 Å². The molecule has 0 aromatic rings. The predicted octanol–water partition coefficient (Wildman–Crippen LogP) is 2.98. The van der Waals surface area contributed by atoms with Gasteiger partial charge in [-0.3, -0.25) is 4.79 Å². The third-order valence-corrected chi connectivity index (χ3v) is 4.30. The molecule has 1 unspecified atom stereocenters. The van der Waals surface area contributed by atoms with Gasteiger partial charge in [0.2, 0.25) is 5.91 Å². The molecular weight excluding hydrogens is 224 g/mol. The summed E-state index contributed by atoms with van der Waals surface area (Å²) < 4.78 is 0. The predicted molar refractivity (Wildman–Crippen MR) is 76.3 cm³/mol. The van der Waals surface area contributed by atoms with Crippen LogP contribution in [0.2, 0.25) is 0 Å². The number of hydrogen-bond acceptors (Lipinski definition) is 2. The van der Waals surface area contributed by atoms with E-state index >= 15 is 0 Å². The van der Waals surface area contributed by atoms with Crippen LogP contribution in [0.3, 0.4) is 0 Å². The zero-order valence-corrected chi connectivity index (χ0v) is 12.1. The van der Waals surface area contributed by atoms with E-state index in [0.717, 1.165) is 32.1 Å². The number of amides is 1. The van der Waals surface area contributed by atoms with E-state index in [9.17, 15) is 4.79 Å². The molecule has 1 fully saturated rings. The minimum atomic E-state index is -0.281. The van der Waals surface area contributed by atoms with Gasteiger partial charge in [-0.2, -0.15) is 0 Å². The van der Waals surface area contributed by atoms with E-state index in [1.807, 2.05) is 0 Å². The van der Waals surface area contributed by atoms with Gasteiger partial charge in [0.15, 0.2) is 0 Å². The molecule has 0 heterocycles. The highest BCUT2D eigenvalue weighted by Crippen LogP contribution is 2.34. The molecule has 0 aromatic heterocycles. The summed E-state index contributed by atoms with van der Waals surface area (Å²) in [6.07, 6.45) is 10.2. The molecule has 106 valence electrons. The molecular formula is C15H30N2O. The summed E-state index contributed by atoms with van der Waals surface area (Å²) in [6, 6.07) is 0.282. The average molecular weight is 254 g/mol. The summed E-state index contributed by atoms with van der Waals surface area (Å²) in [5, 5.41) is 3.18. The van der Waals surface area contributed by atoms with Crippen LogP contribution in [0.15, 0.2) is 0 Å². The van der Waals surface area contributed by atoms with E-state index in [1.54, 1.807) is 0 Å². The second kappa shape index (κ2) is 7.78. The largest absolute Gasteiger partial charge is 0.353 e. The Balaban J connectivity index is 2.54. The minimum absolute atomic E-state index is 0.204. The Morgan fingerprint density at radius 2 is 1.89 bits per heavy atom. The molecule has 0 radical (unpaired) electrons. The van der Waals surface area contributed by atoms with Crippen LogP contribution in [0.4, 0.5) is 0 Å². The molecule has 1 aliphatic rings. The van der Waals surface area contributed by atoms with E-state index in [4.69, 9.17) is 5.73 Å². The van der Waals surface area contributed by atoms with Crippen LogP contribution >= 0.6 is 0 Å². The highest BCUT2D eigenvalue weighted by atomic mass is 16.2. The summed E-state index contributed by atoms with van der Waals surface area (Å²) >= 11 is 0. The number of nitrogens with one attached hydrogen (secondary N) is 1. The summed E-state index contributed by atoms with van der Waals surface area (Å²) in [5.74, 6) is 0.204. The standard InChI is InChI=1S/C15H30N2O/c1-3-4-9-13(2)17-14(18)15(12-16)10-7-5-6-8-11-15/h13H,3-12,16H2,1-2H3,(H,17,18). The lowest BCUT2D eigenvalue weighted by molar-refractivity contribution is -0.132. The molecule has 0 aromatic carbocycles. The van der Waals surface area contributed by atoms with Crippen LogP contribution in [0.5, 0.6) is 0 Å². The molecule has 18 heavy (non-hydrogen) atoms. The minimum Gasteiger partial charge on any atom is -0.353 e. The van der Waals surface area contributed by atoms with Crippen molar-refractivity contribution < 1.29 is 4.79 Å². The normalized spacial score (nSPS) is 21.1. The van der Waals surface area contributed by atoms with Gasteiger partial charge in [0.1, 0.15) is 0 Å². The summed E-state index contributed by atoms with van der Waals surface area (Å²) in [7, 11) is 0. The molecule has 0 bridgehead atoms. The van der Waals surface area contributed by atoms with Crippen molar-refractivity contribution in [1.82, 2.24) is 5.32 Å². The quantitative estimate of drug-likeness (QED) is 0.716. The maximum absolute atomic E-state index is 12.5. The number of rotatable bonds is 6. The van der Waals surface area contributed by atoms with Crippen molar-refractivity contribution in [3.8, 4) is 0 Å². The summed E-state index contributed by atoms with van der Waals surface area (Å²) in [4.78, 5) is 12.5. The van der Waals surface area contributed by atoms with Gasteiger partial charge in [-0.15, -0.1) is 0 Å². The maximum atomic E-state index is 12.5. The third-order valence-electron chi connectivity index (χ3n) is 4.30. The van der Waals surface area contributed by atoms with Crippen LogP contribution in [0, 0.1) is 5.41 Å². The fourth-order valence-corrected chi connectivity index (χ4v) is 2.89. The second-order valence-electron chi connectivity index (χ2n) is 5.92. The molecule has 1 rings (SSSR count). The van der Waals surface area contributed by atoms with Gasteiger partial charge in [-0.05, 0) is 26.2 Å². The van der Waals surface area contributed by atoms with Gasteiger partial charge in [0, 0.05) is 12.6 Å². The lowest BCUT2D eigenvalue weighted by atomic mass is 9.79. The zero-order valence-electron chi connectivity index (χ0n) is 12.1. The monoisotopic (exact) mass is 254 g/mol. The van der Waals surface area contributed by atoms with E-state index in [-0.39, 0.29) is 17.4 Å². The van der Waals surface area contributed by atoms with Crippen LogP contribution in [0.1, 0.15) is 71.6 Å². The van der Waals surface area contributed by atoms with Gasteiger partial charge >= 0.3 is 0 Å². The number of hydrogen-bond donors (Lipinski definition) is 2. The Morgan fingerprint density at radius 1 is 1.28 bits per heavy atom. The van der Waals surface area contributed by atoms with Crippen molar-refractivity contribution in [2.45, 2.75) is 77.7 Å². The van der Waals surface area contributed by atoms with Crippen molar-refractivity contribution in [3.05, 3.63) is 0 Å². The highest BCUT2D eigenvalue weighted by Gasteiger charge is 2.37. The van der Waals surface area contributed by atoms with E-state index < -0.39 is 0 Å². The molecule has 3 nitrogen and oxygen atoms in total. The van der Waals surface area contributed by atoms with Gasteiger partial charge in [-0.1, -0.05) is 45.4 Å². The van der Waals surface area contributed by atoms with Gasteiger partial charge < -0.3 is 11.1 Å². The first-order valence-electron chi connectivity index (χ1n) is 7.65. The van der Waals surface area contributed by atoms with E-state index in [2.05, 4.69) is 19.2 Å². The van der Waals surface area contributed by atoms with Gasteiger partial charge in [-0.25, -0.2) is 0 Å². The Bertz CT molecular complexity index is 245. The number of unbranched alkanes of at least 4 members (excludes halogenated alkanes) is 1. The van der Waals surface area contributed by atoms with Crippen molar-refractivity contribution in [3.63, 3.8) is 0 Å². The smallest absolute Gasteiger partial charge is 0.227 e. The van der Waals surface area contributed by atoms with Crippen molar-refractivity contribution >= 4 is 5.91 Å². The van der Waals surface area contributed by atoms with Crippen LogP contribution in [-0.2, 0) is 4.79 Å². The van der Waals surface area contributed by atoms with Crippen molar-refractivity contribution in [2.24, 2.45) is 11.1 Å². The average Bonchev–Trinajstić information content (AvgIpc) is 2.62. The Kier molecular flexibility index (Phi) is 6.69. The lowest BCUT2D eigenvalue weighted by Crippen LogP contribution is -2.48. The van der Waals surface area contributed by atoms with E-state index in [1.165, 1.54) is 25.7 Å². The topological polar surface area (TPSA) is 55.1 Å². The molecule has 1 atom stereocenters. The Morgan fingerprint density at radius 3 is 2.39 bits per heavy atom. The lowest BCUT2D eigenvalue weighted by Gasteiger charge is -2.31. The second-order valence-corrected chi connectivity index (χ2v) is 5.92. The summed E-state index contributed by atoms with van der Waals surface area (Å²) in [5.41, 5.74) is 5.64. The first-order valence-corrected chi connectivity index (χ1v) is 7.65. The molecule has 0 spiro atoms. The van der Waals surface area contributed by atoms with Crippen molar-refractivity contribution in [2.75, 3.05) is 6.54 Å². The van der Waals surface area contributed by atoms with Gasteiger partial charge in [0.25, 0.3) is 0 Å². The van der Waals surface area contributed by atoms with Crippen LogP contribution in [-0.4, -0.2) is 18.5 Å². The first-order chi connectivity index (χ1) is 8.64. The third kappa shape index (κ3) is 4.27. The number of nitrogens with two attached hydrogens (primary N) is 1. The molecule has 1 saturated carbocycles. The van der Waals surface area contributed by atoms with Crippen molar-refractivity contribution in [1.29, 1.82) is 0 Å². The maximum Gasteiger partial charge on any atom is 0.227 e. The zero-order chi connectivity index (χ0) is 13.4. The summed E-state index contributed by atoms with van der Waals surface area (Å²) in [6.45, 7) is 4.79. The van der Waals surface area contributed by atoms with Crippen LogP contribution in [0.25, 0.3) is 0 Å². The molecule has 1 aliphatic carbocycles. The molecule has 1 amide bonds. The fraction of sp³-hybridized carbons (Fsp3) is 0.933. The highest BCUT2D eigenvalue weighted by molar-refractivity contribution is 5.83. The number of carbonyl (C=O) groups excluding carboxylic acids is 1. The molecule has 3 heteroatoms. The van der Waals surface area contributed by atoms with Crippen LogP contribution < -0.4 is 11.1 Å². The molecule has 0 aliphatic heterocycles. The Hall–Kier alpha value is -0.570. The fourth-order valence-electron chi connectivity index (χ4n) is 2.89. The number of carbonyl (C=O) groups is 1. The molecule has 3 N–H and O–H groups in total. The first kappa shape index (κ1) is 15.5. The molecule has 0 saturated heterocycles.